The van der Waals surface area contributed by atoms with E-state index in [9.17, 15) is 14.7 Å². The molecule has 3 rings (SSSR count). The molecular weight excluding hydrogens is 320 g/mol. The van der Waals surface area contributed by atoms with Gasteiger partial charge in [0.2, 0.25) is 0 Å². The number of carbonyl (C=O) groups is 2. The number of nitrogens with zero attached hydrogens (tertiary/aromatic N) is 1. The fourth-order valence-electron chi connectivity index (χ4n) is 3.60. The highest BCUT2D eigenvalue weighted by Crippen LogP contribution is 2.51. The van der Waals surface area contributed by atoms with Crippen LogP contribution in [0.5, 0.6) is 0 Å². The fraction of sp³-hybridized carbons (Fsp3) is 0.421. The van der Waals surface area contributed by atoms with Crippen molar-refractivity contribution in [2.24, 2.45) is 5.41 Å². The number of aromatic nitrogens is 1. The van der Waals surface area contributed by atoms with Crippen molar-refractivity contribution in [2.75, 3.05) is 6.61 Å². The molecule has 25 heavy (non-hydrogen) atoms. The lowest BCUT2D eigenvalue weighted by Gasteiger charge is -2.58. The number of aliphatic carboxylic acids is 1. The predicted octanol–water partition coefficient (Wildman–Crippen LogP) is 2.62. The van der Waals surface area contributed by atoms with Crippen LogP contribution in [0.3, 0.4) is 0 Å². The van der Waals surface area contributed by atoms with E-state index in [-0.39, 0.29) is 12.5 Å². The number of carboxylic acid groups (broad SMARTS) is 1. The van der Waals surface area contributed by atoms with E-state index in [1.165, 1.54) is 6.20 Å². The summed E-state index contributed by atoms with van der Waals surface area (Å²) in [5.74, 6) is -1.48. The summed E-state index contributed by atoms with van der Waals surface area (Å²) in [5.41, 5.74) is -1.71. The molecule has 2 atom stereocenters. The number of amides is 1. The zero-order valence-electron chi connectivity index (χ0n) is 14.6. The SMILES string of the molecule is CCO[C@@H]1C[C@](NC(=O)c2cncc3ccccc23)(C(=O)O)C1(C)C. The van der Waals surface area contributed by atoms with Crippen LogP contribution in [0.4, 0.5) is 0 Å². The Bertz CT molecular complexity index is 828. The average molecular weight is 342 g/mol. The summed E-state index contributed by atoms with van der Waals surface area (Å²) < 4.78 is 5.63. The first-order chi connectivity index (χ1) is 11.8. The van der Waals surface area contributed by atoms with Crippen molar-refractivity contribution in [3.63, 3.8) is 0 Å². The van der Waals surface area contributed by atoms with Gasteiger partial charge >= 0.3 is 5.97 Å². The van der Waals surface area contributed by atoms with Gasteiger partial charge in [-0.15, -0.1) is 0 Å². The summed E-state index contributed by atoms with van der Waals surface area (Å²) >= 11 is 0. The van der Waals surface area contributed by atoms with Gasteiger partial charge in [-0.3, -0.25) is 9.78 Å². The van der Waals surface area contributed by atoms with Crippen molar-refractivity contribution in [1.82, 2.24) is 10.3 Å². The Balaban J connectivity index is 1.94. The van der Waals surface area contributed by atoms with Crippen molar-refractivity contribution in [3.8, 4) is 0 Å². The number of carbonyl (C=O) groups excluding carboxylic acids is 1. The maximum Gasteiger partial charge on any atom is 0.330 e. The summed E-state index contributed by atoms with van der Waals surface area (Å²) in [5, 5.41) is 14.2. The molecule has 1 aliphatic rings. The minimum atomic E-state index is -1.36. The Labute approximate surface area is 146 Å². The second-order valence-electron chi connectivity index (χ2n) is 6.94. The van der Waals surface area contributed by atoms with Gasteiger partial charge in [-0.1, -0.05) is 38.1 Å². The summed E-state index contributed by atoms with van der Waals surface area (Å²) in [6.45, 7) is 6.00. The molecule has 2 N–H and O–H groups in total. The second-order valence-corrected chi connectivity index (χ2v) is 6.94. The van der Waals surface area contributed by atoms with Crippen molar-refractivity contribution in [2.45, 2.75) is 38.8 Å². The fourth-order valence-corrected chi connectivity index (χ4v) is 3.60. The van der Waals surface area contributed by atoms with E-state index in [4.69, 9.17) is 4.74 Å². The van der Waals surface area contributed by atoms with Crippen molar-refractivity contribution in [3.05, 3.63) is 42.2 Å². The Morgan fingerprint density at radius 1 is 1.32 bits per heavy atom. The number of carboxylic acids is 1. The Hall–Kier alpha value is -2.47. The van der Waals surface area contributed by atoms with Crippen LogP contribution >= 0.6 is 0 Å². The van der Waals surface area contributed by atoms with E-state index in [1.54, 1.807) is 6.20 Å². The van der Waals surface area contributed by atoms with Crippen LogP contribution < -0.4 is 5.32 Å². The summed E-state index contributed by atoms with van der Waals surface area (Å²) in [6, 6.07) is 7.40. The number of fused-ring (bicyclic) bond motifs is 1. The molecule has 1 saturated carbocycles. The molecular formula is C19H22N2O4. The highest BCUT2D eigenvalue weighted by molar-refractivity contribution is 6.08. The Morgan fingerprint density at radius 3 is 2.68 bits per heavy atom. The van der Waals surface area contributed by atoms with Gasteiger partial charge in [0, 0.05) is 36.2 Å². The normalized spacial score (nSPS) is 24.5. The molecule has 0 bridgehead atoms. The van der Waals surface area contributed by atoms with Crippen LogP contribution in [-0.4, -0.2) is 40.2 Å². The molecule has 2 aromatic rings. The quantitative estimate of drug-likeness (QED) is 0.872. The number of ether oxygens (including phenoxy) is 1. The number of nitrogens with one attached hydrogen (secondary N) is 1. The van der Waals surface area contributed by atoms with E-state index >= 15 is 0 Å². The smallest absolute Gasteiger partial charge is 0.330 e. The molecule has 1 aliphatic carbocycles. The lowest BCUT2D eigenvalue weighted by molar-refractivity contribution is -0.190. The third-order valence-corrected chi connectivity index (χ3v) is 5.37. The van der Waals surface area contributed by atoms with Crippen LogP contribution in [0.25, 0.3) is 10.8 Å². The standard InChI is InChI=1S/C19H22N2O4/c1-4-25-15-9-19(17(23)24,18(15,2)3)21-16(22)14-11-20-10-12-7-5-6-8-13(12)14/h5-8,10-11,15H,4,9H2,1-3H3,(H,21,22)(H,23,24)/t15-,19+/m1/s1. The number of hydrogen-bond acceptors (Lipinski definition) is 4. The minimum absolute atomic E-state index is 0.209. The largest absolute Gasteiger partial charge is 0.479 e. The van der Waals surface area contributed by atoms with E-state index < -0.39 is 22.8 Å². The lowest BCUT2D eigenvalue weighted by atomic mass is 9.54. The minimum Gasteiger partial charge on any atom is -0.479 e. The number of hydrogen-bond donors (Lipinski definition) is 2. The van der Waals surface area contributed by atoms with Crippen LogP contribution in [0, 0.1) is 5.41 Å². The maximum absolute atomic E-state index is 12.9. The number of rotatable bonds is 5. The van der Waals surface area contributed by atoms with Crippen LogP contribution in [-0.2, 0) is 9.53 Å². The molecule has 0 spiro atoms. The molecule has 1 aromatic heterocycles. The molecule has 0 unspecified atom stereocenters. The third kappa shape index (κ3) is 2.57. The molecule has 0 aliphatic heterocycles. The first-order valence-electron chi connectivity index (χ1n) is 8.33. The third-order valence-electron chi connectivity index (χ3n) is 5.37. The zero-order chi connectivity index (χ0) is 18.2. The van der Waals surface area contributed by atoms with E-state index in [1.807, 2.05) is 45.0 Å². The van der Waals surface area contributed by atoms with Gasteiger partial charge in [-0.25, -0.2) is 4.79 Å². The summed E-state index contributed by atoms with van der Waals surface area (Å²) in [4.78, 5) is 29.0. The Morgan fingerprint density at radius 2 is 2.04 bits per heavy atom. The van der Waals surface area contributed by atoms with Gasteiger partial charge in [0.25, 0.3) is 5.91 Å². The van der Waals surface area contributed by atoms with Gasteiger partial charge in [0.1, 0.15) is 5.54 Å². The molecule has 0 radical (unpaired) electrons. The lowest BCUT2D eigenvalue weighted by Crippen LogP contribution is -2.76. The molecule has 6 nitrogen and oxygen atoms in total. The van der Waals surface area contributed by atoms with Crippen LogP contribution in [0.15, 0.2) is 36.7 Å². The average Bonchev–Trinajstić information content (AvgIpc) is 2.59. The highest BCUT2D eigenvalue weighted by atomic mass is 16.5. The Kier molecular flexibility index (Phi) is 4.24. The summed E-state index contributed by atoms with van der Waals surface area (Å²) in [7, 11) is 0. The van der Waals surface area contributed by atoms with Crippen molar-refractivity contribution >= 4 is 22.6 Å². The summed E-state index contributed by atoms with van der Waals surface area (Å²) in [6.07, 6.45) is 3.18. The van der Waals surface area contributed by atoms with Crippen molar-refractivity contribution in [1.29, 1.82) is 0 Å². The highest BCUT2D eigenvalue weighted by Gasteiger charge is 2.66. The molecule has 0 saturated heterocycles. The number of benzene rings is 1. The van der Waals surface area contributed by atoms with Gasteiger partial charge in [-0.2, -0.15) is 0 Å². The van der Waals surface area contributed by atoms with Crippen molar-refractivity contribution < 1.29 is 19.4 Å². The topological polar surface area (TPSA) is 88.5 Å². The number of pyridine rings is 1. The molecule has 1 fully saturated rings. The zero-order valence-corrected chi connectivity index (χ0v) is 14.6. The molecule has 1 heterocycles. The van der Waals surface area contributed by atoms with E-state index in [2.05, 4.69) is 10.3 Å². The molecule has 1 amide bonds. The predicted molar refractivity (Wildman–Crippen MR) is 93.4 cm³/mol. The monoisotopic (exact) mass is 342 g/mol. The van der Waals surface area contributed by atoms with Gasteiger partial charge in [0.15, 0.2) is 0 Å². The van der Waals surface area contributed by atoms with Gasteiger partial charge in [0.05, 0.1) is 11.7 Å². The first-order valence-corrected chi connectivity index (χ1v) is 8.33. The maximum atomic E-state index is 12.9. The van der Waals surface area contributed by atoms with Gasteiger partial charge in [-0.05, 0) is 12.3 Å². The van der Waals surface area contributed by atoms with E-state index in [0.717, 1.165) is 10.8 Å². The molecule has 1 aromatic carbocycles. The second kappa shape index (κ2) is 6.11. The first kappa shape index (κ1) is 17.4. The van der Waals surface area contributed by atoms with Gasteiger partial charge < -0.3 is 15.2 Å². The van der Waals surface area contributed by atoms with Crippen LogP contribution in [0.2, 0.25) is 0 Å². The van der Waals surface area contributed by atoms with Crippen LogP contribution in [0.1, 0.15) is 37.6 Å². The van der Waals surface area contributed by atoms with E-state index in [0.29, 0.717) is 12.2 Å². The molecule has 132 valence electrons. The molecule has 6 heteroatoms.